The van der Waals surface area contributed by atoms with Crippen LogP contribution >= 0.6 is 0 Å². The maximum Gasteiger partial charge on any atom is 1.00 e. The van der Waals surface area contributed by atoms with Gasteiger partial charge < -0.3 is 22.0 Å². The molecule has 0 spiro atoms. The van der Waals surface area contributed by atoms with Gasteiger partial charge in [-0.15, -0.1) is 0 Å². The van der Waals surface area contributed by atoms with Crippen LogP contribution in [-0.2, 0) is 0 Å². The molecular formula is C9H7BF4KO. The number of halogens is 4. The summed E-state index contributed by atoms with van der Waals surface area (Å²) in [5.74, 6) is 3.08. The van der Waals surface area contributed by atoms with Crippen molar-refractivity contribution in [1.82, 2.24) is 0 Å². The van der Waals surface area contributed by atoms with Gasteiger partial charge in [0.25, 0.3) is 0 Å². The Morgan fingerprint density at radius 3 is 1.75 bits per heavy atom. The first kappa shape index (κ1) is 18.4. The maximum absolute atomic E-state index is 9.75. The Kier molecular flexibility index (Phi) is 10.4. The summed E-state index contributed by atoms with van der Waals surface area (Å²) >= 11 is 0. The molecule has 1 radical (unpaired) electrons. The van der Waals surface area contributed by atoms with Gasteiger partial charge in [0.1, 0.15) is 5.75 Å². The molecule has 0 N–H and O–H groups in total. The van der Waals surface area contributed by atoms with Crippen LogP contribution in [0.1, 0.15) is 5.56 Å². The van der Waals surface area contributed by atoms with Gasteiger partial charge >= 0.3 is 58.6 Å². The van der Waals surface area contributed by atoms with Crippen LogP contribution in [0.4, 0.5) is 17.3 Å². The molecule has 1 nitrogen and oxygen atoms in total. The van der Waals surface area contributed by atoms with Crippen LogP contribution in [0.5, 0.6) is 5.75 Å². The first-order valence-electron chi connectivity index (χ1n) is 3.81. The van der Waals surface area contributed by atoms with E-state index < -0.39 is 7.25 Å². The SMILES string of the molecule is F[B-](F)(F)F.[C]#Cc1ccc(OC)cc1.[K+]. The van der Waals surface area contributed by atoms with Gasteiger partial charge in [-0.1, -0.05) is 5.92 Å². The first-order valence-corrected chi connectivity index (χ1v) is 3.81. The molecule has 0 bridgehead atoms. The van der Waals surface area contributed by atoms with E-state index in [1.54, 1.807) is 31.4 Å². The van der Waals surface area contributed by atoms with Gasteiger partial charge in [-0.25, -0.2) is 0 Å². The zero-order valence-electron chi connectivity index (χ0n) is 8.81. The van der Waals surface area contributed by atoms with Crippen molar-refractivity contribution in [2.75, 3.05) is 7.11 Å². The van der Waals surface area contributed by atoms with Gasteiger partial charge in [0.05, 0.1) is 7.11 Å². The second kappa shape index (κ2) is 9.08. The number of hydrogen-bond acceptors (Lipinski definition) is 1. The molecule has 0 aliphatic carbocycles. The topological polar surface area (TPSA) is 9.23 Å². The molecule has 1 aromatic carbocycles. The monoisotopic (exact) mass is 257 g/mol. The predicted molar refractivity (Wildman–Crippen MR) is 49.4 cm³/mol. The normalized spacial score (nSPS) is 9.00. The van der Waals surface area contributed by atoms with Crippen molar-refractivity contribution in [2.24, 2.45) is 0 Å². The van der Waals surface area contributed by atoms with Gasteiger partial charge in [0.2, 0.25) is 0 Å². The number of ether oxygens (including phenoxy) is 1. The molecule has 0 saturated heterocycles. The molecule has 0 aromatic heterocycles. The van der Waals surface area contributed by atoms with Gasteiger partial charge in [0.15, 0.2) is 0 Å². The molecule has 81 valence electrons. The minimum absolute atomic E-state index is 0. The summed E-state index contributed by atoms with van der Waals surface area (Å²) in [6.45, 7) is 0. The van der Waals surface area contributed by atoms with Crippen molar-refractivity contribution in [3.8, 4) is 11.7 Å². The van der Waals surface area contributed by atoms with Crippen molar-refractivity contribution < 1.29 is 73.4 Å². The van der Waals surface area contributed by atoms with E-state index in [4.69, 9.17) is 11.2 Å². The molecular weight excluding hydrogens is 250 g/mol. The second-order valence-electron chi connectivity index (χ2n) is 2.35. The van der Waals surface area contributed by atoms with Gasteiger partial charge in [-0.2, -0.15) is 0 Å². The number of methoxy groups -OCH3 is 1. The van der Waals surface area contributed by atoms with E-state index in [0.717, 1.165) is 11.3 Å². The van der Waals surface area contributed by atoms with Crippen molar-refractivity contribution in [1.29, 1.82) is 0 Å². The van der Waals surface area contributed by atoms with Crippen LogP contribution in [0, 0.1) is 12.3 Å². The van der Waals surface area contributed by atoms with Crippen LogP contribution in [0.25, 0.3) is 0 Å². The van der Waals surface area contributed by atoms with Crippen LogP contribution in [0.15, 0.2) is 24.3 Å². The Balaban J connectivity index is 0. The fraction of sp³-hybridized carbons (Fsp3) is 0.111. The quantitative estimate of drug-likeness (QED) is 0.389. The standard InChI is InChI=1S/C9H7O.BF4.K/c1-3-8-4-6-9(10-2)7-5-8;2-1(3,4)5;/h4-7H,2H3;;/q;-1;+1. The molecule has 0 unspecified atom stereocenters. The molecule has 0 amide bonds. The van der Waals surface area contributed by atoms with E-state index in [9.17, 15) is 17.3 Å². The fourth-order valence-electron chi connectivity index (χ4n) is 0.674. The van der Waals surface area contributed by atoms with Crippen LogP contribution in [0.2, 0.25) is 0 Å². The van der Waals surface area contributed by atoms with E-state index in [2.05, 4.69) is 5.92 Å². The summed E-state index contributed by atoms with van der Waals surface area (Å²) in [5.41, 5.74) is 0.765. The Morgan fingerprint density at radius 2 is 1.50 bits per heavy atom. The van der Waals surface area contributed by atoms with Gasteiger partial charge in [-0.05, 0) is 30.7 Å². The summed E-state index contributed by atoms with van der Waals surface area (Å²) in [6.07, 6.45) is 6.78. The third-order valence-electron chi connectivity index (χ3n) is 1.23. The minimum Gasteiger partial charge on any atom is -0.497 e. The van der Waals surface area contributed by atoms with Crippen molar-refractivity contribution in [2.45, 2.75) is 0 Å². The molecule has 1 aromatic rings. The summed E-state index contributed by atoms with van der Waals surface area (Å²) < 4.78 is 43.9. The largest absolute Gasteiger partial charge is 1.00 e. The Morgan fingerprint density at radius 1 is 1.12 bits per heavy atom. The number of hydrogen-bond donors (Lipinski definition) is 0. The molecule has 0 atom stereocenters. The molecule has 0 fully saturated rings. The predicted octanol–water partition coefficient (Wildman–Crippen LogP) is -0.0629. The summed E-state index contributed by atoms with van der Waals surface area (Å²) in [5, 5.41) is 0. The van der Waals surface area contributed by atoms with Crippen molar-refractivity contribution >= 4 is 7.25 Å². The zero-order valence-corrected chi connectivity index (χ0v) is 11.9. The van der Waals surface area contributed by atoms with E-state index in [1.165, 1.54) is 0 Å². The van der Waals surface area contributed by atoms with Gasteiger partial charge in [0, 0.05) is 5.56 Å². The molecule has 7 heteroatoms. The Bertz CT molecular complexity index is 325. The van der Waals surface area contributed by atoms with Gasteiger partial charge in [-0.3, -0.25) is 0 Å². The average molecular weight is 257 g/mol. The second-order valence-corrected chi connectivity index (χ2v) is 2.35. The summed E-state index contributed by atoms with van der Waals surface area (Å²) in [4.78, 5) is 0. The van der Waals surface area contributed by atoms with Crippen LogP contribution < -0.4 is 56.1 Å². The third-order valence-corrected chi connectivity index (χ3v) is 1.23. The molecule has 0 aliphatic rings. The smallest absolute Gasteiger partial charge is 0.497 e. The average Bonchev–Trinajstić information content (AvgIpc) is 2.15. The maximum atomic E-state index is 9.75. The Labute approximate surface area is 134 Å². The molecule has 0 heterocycles. The first-order chi connectivity index (χ1) is 6.86. The number of benzene rings is 1. The molecule has 0 saturated carbocycles. The van der Waals surface area contributed by atoms with E-state index in [1.807, 2.05) is 0 Å². The fourth-order valence-corrected chi connectivity index (χ4v) is 0.674. The third kappa shape index (κ3) is 12.1. The Hall–Kier alpha value is 0.00130. The number of rotatable bonds is 1. The minimum atomic E-state index is -6.00. The van der Waals surface area contributed by atoms with Crippen molar-refractivity contribution in [3.05, 3.63) is 36.3 Å². The summed E-state index contributed by atoms with van der Waals surface area (Å²) in [7, 11) is -4.39. The van der Waals surface area contributed by atoms with E-state index >= 15 is 0 Å². The molecule has 0 aliphatic heterocycles. The summed E-state index contributed by atoms with van der Waals surface area (Å²) in [6, 6.07) is 7.17. The molecule has 16 heavy (non-hydrogen) atoms. The van der Waals surface area contributed by atoms with Crippen molar-refractivity contribution in [3.63, 3.8) is 0 Å². The zero-order chi connectivity index (χ0) is 11.9. The van der Waals surface area contributed by atoms with Crippen LogP contribution in [-0.4, -0.2) is 14.4 Å². The van der Waals surface area contributed by atoms with E-state index in [0.29, 0.717) is 0 Å². The van der Waals surface area contributed by atoms with Crippen LogP contribution in [0.3, 0.4) is 0 Å². The molecule has 1 rings (SSSR count). The van der Waals surface area contributed by atoms with E-state index in [-0.39, 0.29) is 51.4 Å².